The van der Waals surface area contributed by atoms with Gasteiger partial charge in [0.15, 0.2) is 0 Å². The third-order valence-corrected chi connectivity index (χ3v) is 10.0. The van der Waals surface area contributed by atoms with E-state index < -0.39 is 0 Å². The highest BCUT2D eigenvalue weighted by molar-refractivity contribution is 6.21. The Kier molecular flexibility index (Phi) is 6.70. The molecule has 0 bridgehead atoms. The Balaban J connectivity index is 1.38. The van der Waals surface area contributed by atoms with Crippen LogP contribution in [-0.4, -0.2) is 14.5 Å². The van der Waals surface area contributed by atoms with Crippen molar-refractivity contribution in [2.24, 2.45) is 0 Å². The number of imidazole rings is 1. The lowest BCUT2D eigenvalue weighted by molar-refractivity contribution is 0.672. The van der Waals surface area contributed by atoms with Gasteiger partial charge in [-0.2, -0.15) is 0 Å². The van der Waals surface area contributed by atoms with Gasteiger partial charge in [0.05, 0.1) is 33.2 Å². The molecule has 0 saturated heterocycles. The van der Waals surface area contributed by atoms with Crippen LogP contribution in [0.25, 0.3) is 82.8 Å². The zero-order valence-corrected chi connectivity index (χ0v) is 28.5. The standard InChI is InChI=1S/C45H37N3O/c1-26(2)36-24-31(29-14-7-6-8-15-29)25-37(27(3)4)42(36)48-39-21-12-11-20-38(39)47-45(48)35-19-13-18-33-40-28(5)46-41-32-17-10-9-16-30(32)22-23-34(41)44(40)49-43(33)35/h6-27H,1-5H3. The van der Waals surface area contributed by atoms with E-state index in [1.807, 2.05) is 0 Å². The highest BCUT2D eigenvalue weighted by atomic mass is 16.3. The maximum Gasteiger partial charge on any atom is 0.149 e. The Morgan fingerprint density at radius 3 is 2.06 bits per heavy atom. The van der Waals surface area contributed by atoms with Gasteiger partial charge in [-0.25, -0.2) is 4.98 Å². The molecule has 0 atom stereocenters. The molecule has 9 rings (SSSR count). The summed E-state index contributed by atoms with van der Waals surface area (Å²) in [6.07, 6.45) is 0. The van der Waals surface area contributed by atoms with Gasteiger partial charge >= 0.3 is 0 Å². The van der Waals surface area contributed by atoms with Crippen molar-refractivity contribution in [1.29, 1.82) is 0 Å². The fraction of sp³-hybridized carbons (Fsp3) is 0.156. The highest BCUT2D eigenvalue weighted by Gasteiger charge is 2.26. The van der Waals surface area contributed by atoms with E-state index in [0.717, 1.165) is 66.3 Å². The van der Waals surface area contributed by atoms with Gasteiger partial charge in [-0.15, -0.1) is 0 Å². The van der Waals surface area contributed by atoms with Crippen LogP contribution in [0.15, 0.2) is 126 Å². The molecular weight excluding hydrogens is 599 g/mol. The summed E-state index contributed by atoms with van der Waals surface area (Å²) in [5.74, 6) is 1.44. The molecule has 4 nitrogen and oxygen atoms in total. The molecule has 0 saturated carbocycles. The Morgan fingerprint density at radius 2 is 1.29 bits per heavy atom. The van der Waals surface area contributed by atoms with Crippen molar-refractivity contribution >= 4 is 54.6 Å². The second-order valence-corrected chi connectivity index (χ2v) is 13.8. The maximum atomic E-state index is 7.01. The van der Waals surface area contributed by atoms with Crippen LogP contribution in [0.5, 0.6) is 0 Å². The summed E-state index contributed by atoms with van der Waals surface area (Å²) >= 11 is 0. The van der Waals surface area contributed by atoms with E-state index >= 15 is 0 Å². The highest BCUT2D eigenvalue weighted by Crippen LogP contribution is 2.44. The Hall–Kier alpha value is -5.74. The van der Waals surface area contributed by atoms with E-state index in [1.54, 1.807) is 0 Å². The number of hydrogen-bond donors (Lipinski definition) is 0. The molecule has 3 heterocycles. The van der Waals surface area contributed by atoms with Crippen LogP contribution in [-0.2, 0) is 0 Å². The monoisotopic (exact) mass is 635 g/mol. The SMILES string of the molecule is Cc1nc2c3ccccc3ccc2c2oc3c(-c4nc5ccccc5n4-c4c(C(C)C)cc(-c5ccccc5)cc4C(C)C)cccc3c12. The zero-order chi connectivity index (χ0) is 33.4. The molecule has 0 aliphatic carbocycles. The van der Waals surface area contributed by atoms with Gasteiger partial charge in [0, 0.05) is 21.9 Å². The molecule has 0 spiro atoms. The van der Waals surface area contributed by atoms with Crippen molar-refractivity contribution in [2.75, 3.05) is 0 Å². The zero-order valence-electron chi connectivity index (χ0n) is 28.5. The van der Waals surface area contributed by atoms with Gasteiger partial charge in [0.1, 0.15) is 17.0 Å². The maximum absolute atomic E-state index is 7.01. The van der Waals surface area contributed by atoms with E-state index in [9.17, 15) is 0 Å². The summed E-state index contributed by atoms with van der Waals surface area (Å²) in [6.45, 7) is 11.3. The lowest BCUT2D eigenvalue weighted by Gasteiger charge is -2.24. The molecule has 0 aliphatic rings. The second-order valence-electron chi connectivity index (χ2n) is 13.8. The van der Waals surface area contributed by atoms with E-state index in [4.69, 9.17) is 14.4 Å². The first-order valence-electron chi connectivity index (χ1n) is 17.2. The smallest absolute Gasteiger partial charge is 0.149 e. The molecule has 0 radical (unpaired) electrons. The van der Waals surface area contributed by atoms with Crippen LogP contribution in [0.4, 0.5) is 0 Å². The van der Waals surface area contributed by atoms with Crippen LogP contribution in [0.1, 0.15) is 56.4 Å². The van der Waals surface area contributed by atoms with Gasteiger partial charge in [0.2, 0.25) is 0 Å². The third kappa shape index (κ3) is 4.51. The number of nitrogens with zero attached hydrogens (tertiary/aromatic N) is 3. The second kappa shape index (κ2) is 11.2. The minimum atomic E-state index is 0.280. The van der Waals surface area contributed by atoms with Gasteiger partial charge in [-0.05, 0) is 82.8 Å². The minimum absolute atomic E-state index is 0.280. The molecule has 0 aliphatic heterocycles. The van der Waals surface area contributed by atoms with Crippen molar-refractivity contribution in [2.45, 2.75) is 46.5 Å². The lowest BCUT2D eigenvalue weighted by atomic mass is 9.88. The average molecular weight is 636 g/mol. The normalized spacial score (nSPS) is 12.1. The molecule has 4 heteroatoms. The van der Waals surface area contributed by atoms with Crippen LogP contribution in [0, 0.1) is 6.92 Å². The lowest BCUT2D eigenvalue weighted by Crippen LogP contribution is -2.09. The molecule has 0 fully saturated rings. The molecule has 3 aromatic heterocycles. The number of furan rings is 1. The quantitative estimate of drug-likeness (QED) is 0.177. The number of para-hydroxylation sites is 3. The molecule has 0 N–H and O–H groups in total. The molecule has 238 valence electrons. The van der Waals surface area contributed by atoms with Gasteiger partial charge in [-0.1, -0.05) is 113 Å². The van der Waals surface area contributed by atoms with E-state index in [0.29, 0.717) is 0 Å². The summed E-state index contributed by atoms with van der Waals surface area (Å²) in [6, 6.07) is 43.2. The Bertz CT molecular complexity index is 2700. The Labute approximate surface area is 285 Å². The van der Waals surface area contributed by atoms with Crippen LogP contribution < -0.4 is 0 Å². The third-order valence-electron chi connectivity index (χ3n) is 10.0. The van der Waals surface area contributed by atoms with Crippen molar-refractivity contribution in [3.8, 4) is 28.2 Å². The molecular formula is C45H37N3O. The Morgan fingerprint density at radius 1 is 0.592 bits per heavy atom. The van der Waals surface area contributed by atoms with E-state index in [2.05, 4.69) is 161 Å². The summed E-state index contributed by atoms with van der Waals surface area (Å²) in [5, 5.41) is 5.44. The molecule has 0 unspecified atom stereocenters. The number of aryl methyl sites for hydroxylation is 1. The van der Waals surface area contributed by atoms with Gasteiger partial charge in [-0.3, -0.25) is 9.55 Å². The van der Waals surface area contributed by atoms with Crippen molar-refractivity contribution in [3.63, 3.8) is 0 Å². The number of aromatic nitrogens is 3. The predicted octanol–water partition coefficient (Wildman–Crippen LogP) is 12.5. The van der Waals surface area contributed by atoms with Crippen molar-refractivity contribution < 1.29 is 4.42 Å². The fourth-order valence-electron chi connectivity index (χ4n) is 7.68. The molecule has 49 heavy (non-hydrogen) atoms. The van der Waals surface area contributed by atoms with E-state index in [-0.39, 0.29) is 11.8 Å². The molecule has 9 aromatic rings. The number of rotatable bonds is 5. The van der Waals surface area contributed by atoms with Crippen LogP contribution in [0.3, 0.4) is 0 Å². The van der Waals surface area contributed by atoms with Crippen molar-refractivity contribution in [3.05, 3.63) is 138 Å². The van der Waals surface area contributed by atoms with Gasteiger partial charge < -0.3 is 4.42 Å². The summed E-state index contributed by atoms with van der Waals surface area (Å²) in [7, 11) is 0. The van der Waals surface area contributed by atoms with Crippen LogP contribution >= 0.6 is 0 Å². The average Bonchev–Trinajstić information content (AvgIpc) is 3.71. The number of pyridine rings is 1. The summed E-state index contributed by atoms with van der Waals surface area (Å²) in [4.78, 5) is 10.5. The topological polar surface area (TPSA) is 43.9 Å². The molecule has 0 amide bonds. The first-order chi connectivity index (χ1) is 23.9. The molecule has 6 aromatic carbocycles. The first kappa shape index (κ1) is 29.4. The number of hydrogen-bond acceptors (Lipinski definition) is 3. The predicted molar refractivity (Wildman–Crippen MR) is 205 cm³/mol. The largest absolute Gasteiger partial charge is 0.454 e. The van der Waals surface area contributed by atoms with E-state index in [1.165, 1.54) is 33.3 Å². The summed E-state index contributed by atoms with van der Waals surface area (Å²) in [5.41, 5.74) is 12.9. The van der Waals surface area contributed by atoms with Crippen molar-refractivity contribution in [1.82, 2.24) is 14.5 Å². The summed E-state index contributed by atoms with van der Waals surface area (Å²) < 4.78 is 9.40. The van der Waals surface area contributed by atoms with Gasteiger partial charge in [0.25, 0.3) is 0 Å². The number of fused-ring (bicyclic) bond motifs is 8. The first-order valence-corrected chi connectivity index (χ1v) is 17.2. The van der Waals surface area contributed by atoms with Crippen LogP contribution in [0.2, 0.25) is 0 Å². The fourth-order valence-corrected chi connectivity index (χ4v) is 7.68. The number of benzene rings is 6. The minimum Gasteiger partial charge on any atom is -0.454 e.